The molecule has 4 unspecified atom stereocenters. The molecule has 60 heavy (non-hydrogen) atoms. The average molecular weight is 905 g/mol. The van der Waals surface area contributed by atoms with E-state index in [-0.39, 0.29) is 69.2 Å². The summed E-state index contributed by atoms with van der Waals surface area (Å²) in [5.74, 6) is 0. The molecule has 2 aliphatic carbocycles. The lowest BCUT2D eigenvalue weighted by atomic mass is 9.62. The summed E-state index contributed by atoms with van der Waals surface area (Å²) in [6.07, 6.45) is 9.15. The van der Waals surface area contributed by atoms with Crippen LogP contribution in [-0.4, -0.2) is 114 Å². The van der Waals surface area contributed by atoms with Gasteiger partial charge in [-0.3, -0.25) is 0 Å². The molecule has 2 aliphatic rings. The van der Waals surface area contributed by atoms with Crippen molar-refractivity contribution in [1.82, 2.24) is 10.6 Å². The number of nitrogens with one attached hydrogen (secondary N) is 2. The summed E-state index contributed by atoms with van der Waals surface area (Å²) in [5.41, 5.74) is -0.303. The standard InChI is InChI=1S/C40H76N4O10Si3.3CH4/c1-37(2)23-33(43-31-45)25-39(5,27-37)29-41-35(47)51-19-17-49-15-13-21-55(7,8)53-57(11,12)54-56(9,10)22-14-16-50-18-20-52-36(48)42-30-40(6)26-34(44-32-46)24-38(3,4)28-40;;;/h33-34H,13-30H2,1-12H3,(H,41,47)(H,42,48);3*1H4. The fourth-order valence-corrected chi connectivity index (χ4v) is 23.7. The van der Waals surface area contributed by atoms with Crippen molar-refractivity contribution in [2.75, 3.05) is 52.7 Å². The maximum atomic E-state index is 12.4. The van der Waals surface area contributed by atoms with Gasteiger partial charge in [0, 0.05) is 26.3 Å². The smallest absolute Gasteiger partial charge is 0.407 e. The quantitative estimate of drug-likeness (QED) is 0.0411. The molecule has 0 aliphatic heterocycles. The number of hydrogen-bond donors (Lipinski definition) is 2. The van der Waals surface area contributed by atoms with Crippen LogP contribution in [0.25, 0.3) is 0 Å². The molecule has 0 radical (unpaired) electrons. The van der Waals surface area contributed by atoms with Crippen molar-refractivity contribution in [1.29, 1.82) is 0 Å². The molecule has 0 saturated heterocycles. The molecule has 2 amide bonds. The van der Waals surface area contributed by atoms with Crippen LogP contribution in [0.15, 0.2) is 9.98 Å². The van der Waals surface area contributed by atoms with Crippen molar-refractivity contribution < 1.29 is 46.4 Å². The fraction of sp³-hybridized carbons (Fsp3) is 0.907. The second-order valence-electron chi connectivity index (χ2n) is 20.4. The van der Waals surface area contributed by atoms with Gasteiger partial charge in [-0.15, -0.1) is 0 Å². The van der Waals surface area contributed by atoms with Gasteiger partial charge in [-0.25, -0.2) is 29.2 Å². The number of isocyanates is 2. The summed E-state index contributed by atoms with van der Waals surface area (Å²) < 4.78 is 35.7. The largest absolute Gasteiger partial charge is 0.447 e. The van der Waals surface area contributed by atoms with Crippen LogP contribution in [-0.2, 0) is 36.8 Å². The molecule has 2 N–H and O–H groups in total. The number of amides is 2. The Bertz CT molecular complexity index is 1290. The topological polar surface area (TPSA) is 172 Å². The number of ether oxygens (including phenoxy) is 4. The van der Waals surface area contributed by atoms with E-state index in [9.17, 15) is 19.2 Å². The van der Waals surface area contributed by atoms with E-state index in [0.29, 0.717) is 39.5 Å². The minimum atomic E-state index is -2.38. The maximum Gasteiger partial charge on any atom is 0.407 e. The Morgan fingerprint density at radius 3 is 1.27 bits per heavy atom. The van der Waals surface area contributed by atoms with Crippen molar-refractivity contribution in [3.05, 3.63) is 0 Å². The van der Waals surface area contributed by atoms with Crippen LogP contribution >= 0.6 is 0 Å². The third-order valence-corrected chi connectivity index (χ3v) is 22.2. The van der Waals surface area contributed by atoms with Crippen LogP contribution in [0.3, 0.4) is 0 Å². The van der Waals surface area contributed by atoms with E-state index < -0.39 is 37.4 Å². The molecule has 2 fully saturated rings. The Morgan fingerprint density at radius 2 is 0.933 bits per heavy atom. The van der Waals surface area contributed by atoms with E-state index in [1.165, 1.54) is 0 Å². The SMILES string of the molecule is C.C.C.CC1(C)CC(N=C=O)CC(C)(CNC(=O)OCCOCCC[Si](C)(C)O[Si](C)(C)O[Si](C)(C)CCCOCCOC(=O)NCC2(C)CC(N=C=O)CC(C)(C)C2)C1. The number of hydrogen-bond acceptors (Lipinski definition) is 12. The van der Waals surface area contributed by atoms with Gasteiger partial charge < -0.3 is 37.8 Å². The fourth-order valence-electron chi connectivity index (χ4n) is 9.68. The first kappa shape index (κ1) is 59.9. The predicted molar refractivity (Wildman–Crippen MR) is 249 cm³/mol. The summed E-state index contributed by atoms with van der Waals surface area (Å²) in [4.78, 5) is 54.3. The van der Waals surface area contributed by atoms with Crippen molar-refractivity contribution in [3.63, 3.8) is 0 Å². The van der Waals surface area contributed by atoms with Gasteiger partial charge >= 0.3 is 20.7 Å². The molecular formula is C43H88N4O10Si3. The maximum absolute atomic E-state index is 12.4. The van der Waals surface area contributed by atoms with Crippen LogP contribution in [0.2, 0.25) is 51.4 Å². The Labute approximate surface area is 368 Å². The molecule has 0 bridgehead atoms. The van der Waals surface area contributed by atoms with E-state index in [4.69, 9.17) is 27.2 Å². The predicted octanol–water partition coefficient (Wildman–Crippen LogP) is 10.1. The number of alkyl carbamates (subject to hydrolysis) is 2. The zero-order chi connectivity index (χ0) is 43.0. The van der Waals surface area contributed by atoms with Gasteiger partial charge in [-0.2, -0.15) is 0 Å². The van der Waals surface area contributed by atoms with Gasteiger partial charge in [-0.05, 0) is 124 Å². The van der Waals surface area contributed by atoms with E-state index in [2.05, 4.69) is 101 Å². The number of nitrogens with zero attached hydrogens (tertiary/aromatic N) is 2. The molecule has 0 aromatic rings. The number of carbonyl (C=O) groups is 2. The second kappa shape index (κ2) is 26.4. The minimum Gasteiger partial charge on any atom is -0.447 e. The van der Waals surface area contributed by atoms with Gasteiger partial charge in [-0.1, -0.05) is 63.8 Å². The first-order valence-electron chi connectivity index (χ1n) is 20.8. The average Bonchev–Trinajstić information content (AvgIpc) is 3.03. The van der Waals surface area contributed by atoms with Gasteiger partial charge in [0.05, 0.1) is 25.3 Å². The van der Waals surface area contributed by atoms with Gasteiger partial charge in [0.15, 0.2) is 16.6 Å². The normalized spacial score (nSPS) is 23.5. The molecule has 0 aromatic heterocycles. The molecule has 2 rings (SSSR count). The van der Waals surface area contributed by atoms with Crippen LogP contribution in [0.4, 0.5) is 9.59 Å². The van der Waals surface area contributed by atoms with Crippen molar-refractivity contribution >= 4 is 49.5 Å². The highest BCUT2D eigenvalue weighted by Crippen LogP contribution is 2.47. The highest BCUT2D eigenvalue weighted by atomic mass is 28.5. The summed E-state index contributed by atoms with van der Waals surface area (Å²) in [5, 5.41) is 5.78. The second-order valence-corrected chi connectivity index (χ2v) is 32.9. The van der Waals surface area contributed by atoms with Gasteiger partial charge in [0.2, 0.25) is 12.2 Å². The first-order valence-corrected chi connectivity index (χ1v) is 29.9. The highest BCUT2D eigenvalue weighted by molar-refractivity contribution is 6.87. The van der Waals surface area contributed by atoms with E-state index in [1.807, 2.05) is 0 Å². The lowest BCUT2D eigenvalue weighted by Gasteiger charge is -2.45. The Morgan fingerprint density at radius 1 is 0.583 bits per heavy atom. The van der Waals surface area contributed by atoms with Crippen LogP contribution in [0, 0.1) is 21.7 Å². The lowest BCUT2D eigenvalue weighted by Crippen LogP contribution is -2.52. The number of rotatable bonds is 24. The zero-order valence-electron chi connectivity index (χ0n) is 37.4. The highest BCUT2D eigenvalue weighted by Gasteiger charge is 2.43. The van der Waals surface area contributed by atoms with Crippen molar-refractivity contribution in [2.45, 2.75) is 179 Å². The summed E-state index contributed by atoms with van der Waals surface area (Å²) in [6.45, 7) is 29.1. The molecule has 0 spiro atoms. The van der Waals surface area contributed by atoms with Crippen molar-refractivity contribution in [3.8, 4) is 0 Å². The number of aliphatic imine (C=N–C) groups is 2. The molecule has 0 aromatic carbocycles. The Kier molecular flexibility index (Phi) is 26.4. The van der Waals surface area contributed by atoms with Gasteiger partial charge in [0.1, 0.15) is 13.2 Å². The summed E-state index contributed by atoms with van der Waals surface area (Å²) >= 11 is 0. The molecule has 14 nitrogen and oxygen atoms in total. The third kappa shape index (κ3) is 25.0. The van der Waals surface area contributed by atoms with Crippen molar-refractivity contribution in [2.24, 2.45) is 31.6 Å². The summed E-state index contributed by atoms with van der Waals surface area (Å²) in [6, 6.07) is 1.71. The van der Waals surface area contributed by atoms with Gasteiger partial charge in [0.25, 0.3) is 0 Å². The van der Waals surface area contributed by atoms with Crippen LogP contribution in [0.1, 0.15) is 115 Å². The first-order chi connectivity index (χ1) is 26.3. The summed E-state index contributed by atoms with van der Waals surface area (Å²) in [7, 11) is -6.40. The Hall–Kier alpha value is -2.21. The van der Waals surface area contributed by atoms with E-state index in [0.717, 1.165) is 63.5 Å². The number of carbonyl (C=O) groups excluding carboxylic acids is 4. The minimum absolute atomic E-state index is 0. The van der Waals surface area contributed by atoms with E-state index >= 15 is 0 Å². The Balaban J connectivity index is 0. The third-order valence-electron chi connectivity index (χ3n) is 10.7. The lowest BCUT2D eigenvalue weighted by molar-refractivity contribution is 0.0619. The molecule has 17 heteroatoms. The molecular weight excluding hydrogens is 817 g/mol. The molecule has 352 valence electrons. The monoisotopic (exact) mass is 905 g/mol. The van der Waals surface area contributed by atoms with Crippen LogP contribution in [0.5, 0.6) is 0 Å². The zero-order valence-corrected chi connectivity index (χ0v) is 40.4. The molecule has 4 atom stereocenters. The van der Waals surface area contributed by atoms with Crippen LogP contribution < -0.4 is 10.6 Å². The van der Waals surface area contributed by atoms with E-state index in [1.54, 1.807) is 12.2 Å². The molecule has 0 heterocycles. The molecule has 2 saturated carbocycles.